The van der Waals surface area contributed by atoms with Crippen LogP contribution in [0.1, 0.15) is 11.5 Å². The number of hydrogen-bond acceptors (Lipinski definition) is 8. The Morgan fingerprint density at radius 1 is 0.833 bits per heavy atom. The summed E-state index contributed by atoms with van der Waals surface area (Å²) in [5.74, 6) is -1.26. The molecular formula is C12H16N4O6S2. The first kappa shape index (κ1) is 18.1. The Labute approximate surface area is 138 Å². The van der Waals surface area contributed by atoms with Gasteiger partial charge in [-0.25, -0.2) is 0 Å². The molecule has 0 spiro atoms. The fraction of sp³-hybridized carbons (Fsp3) is 0.167. The monoisotopic (exact) mass is 376 g/mol. The van der Waals surface area contributed by atoms with Crippen LogP contribution in [-0.2, 0) is 20.2 Å². The van der Waals surface area contributed by atoms with E-state index in [1.54, 1.807) is 0 Å². The SMILES string of the molecule is NC1=CC(c2cc(N)c(N)cc2S(=O)(=O)O)C(S(=O)(=O)O)C=C1N. The van der Waals surface area contributed by atoms with Crippen LogP contribution < -0.4 is 22.9 Å². The van der Waals surface area contributed by atoms with Crippen LogP contribution in [0.25, 0.3) is 0 Å². The van der Waals surface area contributed by atoms with Gasteiger partial charge in [-0.1, -0.05) is 6.08 Å². The minimum absolute atomic E-state index is 0.0171. The van der Waals surface area contributed by atoms with E-state index in [1.165, 1.54) is 0 Å². The molecule has 10 N–H and O–H groups in total. The molecule has 10 nitrogen and oxygen atoms in total. The van der Waals surface area contributed by atoms with Crippen LogP contribution in [0.15, 0.2) is 40.6 Å². The van der Waals surface area contributed by atoms with E-state index in [0.717, 1.165) is 24.3 Å². The molecule has 2 rings (SSSR count). The second-order valence-corrected chi connectivity index (χ2v) is 8.21. The summed E-state index contributed by atoms with van der Waals surface area (Å²) in [7, 11) is -9.43. The van der Waals surface area contributed by atoms with E-state index in [1.807, 2.05) is 0 Å². The molecule has 0 aliphatic heterocycles. The lowest BCUT2D eigenvalue weighted by atomic mass is 9.89. The second kappa shape index (κ2) is 5.66. The number of rotatable bonds is 3. The average molecular weight is 376 g/mol. The van der Waals surface area contributed by atoms with Crippen LogP contribution in [-0.4, -0.2) is 31.2 Å². The first-order chi connectivity index (χ1) is 10.8. The fourth-order valence-corrected chi connectivity index (χ4v) is 4.10. The van der Waals surface area contributed by atoms with E-state index in [9.17, 15) is 25.9 Å². The Bertz CT molecular complexity index is 966. The molecule has 1 aliphatic carbocycles. The minimum atomic E-state index is -4.76. The van der Waals surface area contributed by atoms with Crippen molar-refractivity contribution in [1.82, 2.24) is 0 Å². The Balaban J connectivity index is 2.81. The summed E-state index contributed by atoms with van der Waals surface area (Å²) in [6, 6.07) is 1.99. The minimum Gasteiger partial charge on any atom is -0.397 e. The maximum absolute atomic E-state index is 11.7. The number of nitrogens with two attached hydrogens (primary N) is 4. The molecule has 2 atom stereocenters. The van der Waals surface area contributed by atoms with Crippen molar-refractivity contribution in [1.29, 1.82) is 0 Å². The lowest BCUT2D eigenvalue weighted by Crippen LogP contribution is -2.32. The molecular weight excluding hydrogens is 360 g/mol. The molecule has 0 aromatic heterocycles. The predicted octanol–water partition coefficient (Wildman–Crippen LogP) is -0.863. The normalized spacial score (nSPS) is 21.9. The maximum Gasteiger partial charge on any atom is 0.294 e. The van der Waals surface area contributed by atoms with Gasteiger partial charge in [0.25, 0.3) is 20.2 Å². The Hall–Kier alpha value is -2.28. The van der Waals surface area contributed by atoms with Crippen LogP contribution >= 0.6 is 0 Å². The summed E-state index contributed by atoms with van der Waals surface area (Å²) < 4.78 is 65.4. The van der Waals surface area contributed by atoms with Gasteiger partial charge in [-0.15, -0.1) is 0 Å². The van der Waals surface area contributed by atoms with Crippen molar-refractivity contribution in [2.24, 2.45) is 11.5 Å². The summed E-state index contributed by atoms with van der Waals surface area (Å²) >= 11 is 0. The number of anilines is 2. The molecule has 1 aromatic carbocycles. The number of allylic oxidation sites excluding steroid dienone is 1. The largest absolute Gasteiger partial charge is 0.397 e. The molecule has 0 radical (unpaired) electrons. The molecule has 0 bridgehead atoms. The van der Waals surface area contributed by atoms with Crippen molar-refractivity contribution in [2.45, 2.75) is 16.1 Å². The maximum atomic E-state index is 11.7. The number of hydrogen-bond donors (Lipinski definition) is 6. The van der Waals surface area contributed by atoms with Gasteiger partial charge in [0.05, 0.1) is 27.7 Å². The Morgan fingerprint density at radius 3 is 1.83 bits per heavy atom. The Kier molecular flexibility index (Phi) is 4.26. The highest BCUT2D eigenvalue weighted by Gasteiger charge is 2.37. The summed E-state index contributed by atoms with van der Waals surface area (Å²) in [4.78, 5) is -0.647. The second-order valence-electron chi connectivity index (χ2n) is 5.24. The molecule has 0 fully saturated rings. The first-order valence-electron chi connectivity index (χ1n) is 6.40. The lowest BCUT2D eigenvalue weighted by Gasteiger charge is -2.26. The molecule has 24 heavy (non-hydrogen) atoms. The van der Waals surface area contributed by atoms with Gasteiger partial charge in [0.2, 0.25) is 0 Å². The molecule has 132 valence electrons. The fourth-order valence-electron chi connectivity index (χ4n) is 2.41. The van der Waals surface area contributed by atoms with Crippen molar-refractivity contribution in [3.05, 3.63) is 41.2 Å². The van der Waals surface area contributed by atoms with Crippen molar-refractivity contribution in [3.8, 4) is 0 Å². The van der Waals surface area contributed by atoms with Gasteiger partial charge in [-0.3, -0.25) is 9.11 Å². The molecule has 0 saturated carbocycles. The van der Waals surface area contributed by atoms with E-state index in [-0.39, 0.29) is 28.3 Å². The van der Waals surface area contributed by atoms with Gasteiger partial charge in [-0.2, -0.15) is 16.8 Å². The standard InChI is InChI=1S/C12H16N4O6S2/c13-7-1-5(11(3-9(7)15)23(17,18)19)6-2-8(14)10(16)4-12(6)24(20,21)22/h1-5,11H,13-16H2,(H,17,18,19)(H,20,21,22). The van der Waals surface area contributed by atoms with Crippen molar-refractivity contribution < 1.29 is 25.9 Å². The van der Waals surface area contributed by atoms with Crippen molar-refractivity contribution in [2.75, 3.05) is 11.5 Å². The number of benzene rings is 1. The highest BCUT2D eigenvalue weighted by atomic mass is 32.2. The molecule has 1 aromatic rings. The van der Waals surface area contributed by atoms with E-state index in [4.69, 9.17) is 22.9 Å². The number of nitrogen functional groups attached to an aromatic ring is 2. The third-order valence-corrected chi connectivity index (χ3v) is 5.61. The van der Waals surface area contributed by atoms with Gasteiger partial charge in [-0.05, 0) is 23.8 Å². The van der Waals surface area contributed by atoms with Crippen molar-refractivity contribution in [3.63, 3.8) is 0 Å². The zero-order valence-corrected chi connectivity index (χ0v) is 13.8. The zero-order chi connectivity index (χ0) is 18.4. The third kappa shape index (κ3) is 3.31. The summed E-state index contributed by atoms with van der Waals surface area (Å²) in [5, 5.41) is -1.62. The highest BCUT2D eigenvalue weighted by molar-refractivity contribution is 7.86. The van der Waals surface area contributed by atoms with E-state index in [0.29, 0.717) is 0 Å². The summed E-state index contributed by atoms with van der Waals surface area (Å²) in [6.07, 6.45) is 2.14. The lowest BCUT2D eigenvalue weighted by molar-refractivity contribution is 0.466. The molecule has 12 heteroatoms. The zero-order valence-electron chi connectivity index (χ0n) is 12.1. The quantitative estimate of drug-likeness (QED) is 0.283. The van der Waals surface area contributed by atoms with E-state index in [2.05, 4.69) is 0 Å². The van der Waals surface area contributed by atoms with Crippen molar-refractivity contribution >= 4 is 31.6 Å². The smallest absolute Gasteiger partial charge is 0.294 e. The molecule has 0 heterocycles. The van der Waals surface area contributed by atoms with Gasteiger partial charge in [0.1, 0.15) is 5.25 Å². The van der Waals surface area contributed by atoms with Crippen LogP contribution in [0, 0.1) is 0 Å². The van der Waals surface area contributed by atoms with E-state index >= 15 is 0 Å². The van der Waals surface area contributed by atoms with E-state index < -0.39 is 36.3 Å². The molecule has 0 amide bonds. The molecule has 0 saturated heterocycles. The highest BCUT2D eigenvalue weighted by Crippen LogP contribution is 2.38. The van der Waals surface area contributed by atoms with Crippen LogP contribution in [0.4, 0.5) is 11.4 Å². The third-order valence-electron chi connectivity index (χ3n) is 3.59. The first-order valence-corrected chi connectivity index (χ1v) is 9.34. The Morgan fingerprint density at radius 2 is 1.33 bits per heavy atom. The van der Waals surface area contributed by atoms with Crippen LogP contribution in [0.2, 0.25) is 0 Å². The topological polar surface area (TPSA) is 213 Å². The summed E-state index contributed by atoms with van der Waals surface area (Å²) in [6.45, 7) is 0. The average Bonchev–Trinajstić information content (AvgIpc) is 2.41. The molecule has 2 unspecified atom stereocenters. The molecule has 1 aliphatic rings. The summed E-state index contributed by atoms with van der Waals surface area (Å²) in [5.41, 5.74) is 21.9. The predicted molar refractivity (Wildman–Crippen MR) is 87.7 cm³/mol. The van der Waals surface area contributed by atoms with Gasteiger partial charge in [0.15, 0.2) is 0 Å². The van der Waals surface area contributed by atoms with Crippen LogP contribution in [0.3, 0.4) is 0 Å². The van der Waals surface area contributed by atoms with Gasteiger partial charge < -0.3 is 22.9 Å². The van der Waals surface area contributed by atoms with Gasteiger partial charge >= 0.3 is 0 Å². The van der Waals surface area contributed by atoms with Gasteiger partial charge in [0, 0.05) is 5.92 Å². The van der Waals surface area contributed by atoms with Crippen LogP contribution in [0.5, 0.6) is 0 Å².